The molecule has 2 aliphatic heterocycles. The number of hydrogen-bond donors (Lipinski definition) is 0. The Morgan fingerprint density at radius 2 is 2.00 bits per heavy atom. The minimum atomic E-state index is -1.30. The van der Waals surface area contributed by atoms with E-state index in [9.17, 15) is 19.7 Å². The van der Waals surface area contributed by atoms with Crippen molar-refractivity contribution >= 4 is 11.9 Å². The van der Waals surface area contributed by atoms with Crippen LogP contribution in [0.3, 0.4) is 0 Å². The maximum Gasteiger partial charge on any atom is 0.338 e. The molecule has 2 aliphatic rings. The van der Waals surface area contributed by atoms with Gasteiger partial charge in [-0.05, 0) is 13.8 Å². The van der Waals surface area contributed by atoms with E-state index in [1.807, 2.05) is 0 Å². The number of rotatable bonds is 6. The van der Waals surface area contributed by atoms with Gasteiger partial charge >= 0.3 is 11.9 Å². The van der Waals surface area contributed by atoms with Crippen LogP contribution in [-0.2, 0) is 33.3 Å². The fraction of sp³-hybridized carbons (Fsp3) is 0.733. The Morgan fingerprint density at radius 3 is 2.52 bits per heavy atom. The Hall–Kier alpha value is -2.20. The smallest absolute Gasteiger partial charge is 0.338 e. The SMILES string of the molecule is CCOC(=O)C1=C(C)O[C@@H]2[C@H]([N+](=O)[O-])[C@H]1[C@@H](OC)O[C@@H]2COC(C)=O. The second kappa shape index (κ2) is 7.79. The van der Waals surface area contributed by atoms with Crippen molar-refractivity contribution in [1.29, 1.82) is 0 Å². The molecule has 0 saturated carbocycles. The predicted molar refractivity (Wildman–Crippen MR) is 80.8 cm³/mol. The summed E-state index contributed by atoms with van der Waals surface area (Å²) in [5.41, 5.74) is 0.0255. The fourth-order valence-corrected chi connectivity index (χ4v) is 3.15. The highest BCUT2D eigenvalue weighted by atomic mass is 16.7. The molecule has 0 aliphatic carbocycles. The van der Waals surface area contributed by atoms with Gasteiger partial charge in [0, 0.05) is 19.0 Å². The summed E-state index contributed by atoms with van der Waals surface area (Å²) in [6.45, 7) is 4.27. The molecule has 0 N–H and O–H groups in total. The number of ether oxygens (including phenoxy) is 5. The molecule has 10 heteroatoms. The number of carbonyl (C=O) groups excluding carboxylic acids is 2. The van der Waals surface area contributed by atoms with Crippen molar-refractivity contribution in [2.75, 3.05) is 20.3 Å². The summed E-state index contributed by atoms with van der Waals surface area (Å²) in [5.74, 6) is -2.04. The summed E-state index contributed by atoms with van der Waals surface area (Å²) >= 11 is 0. The van der Waals surface area contributed by atoms with Crippen LogP contribution in [0.4, 0.5) is 0 Å². The zero-order valence-corrected chi connectivity index (χ0v) is 14.4. The molecule has 0 radical (unpaired) electrons. The van der Waals surface area contributed by atoms with Crippen molar-refractivity contribution in [1.82, 2.24) is 0 Å². The van der Waals surface area contributed by atoms with E-state index >= 15 is 0 Å². The molecule has 0 aromatic carbocycles. The lowest BCUT2D eigenvalue weighted by Gasteiger charge is -2.45. The second-order valence-corrected chi connectivity index (χ2v) is 5.66. The van der Waals surface area contributed by atoms with Crippen LogP contribution in [0.25, 0.3) is 0 Å². The van der Waals surface area contributed by atoms with E-state index in [0.29, 0.717) is 0 Å². The third-order valence-corrected chi connectivity index (χ3v) is 4.12. The molecule has 25 heavy (non-hydrogen) atoms. The molecule has 2 bridgehead atoms. The van der Waals surface area contributed by atoms with Crippen LogP contribution in [0, 0.1) is 16.0 Å². The first-order valence-electron chi connectivity index (χ1n) is 7.81. The molecular weight excluding hydrogens is 338 g/mol. The molecule has 0 amide bonds. The first-order chi connectivity index (χ1) is 11.8. The monoisotopic (exact) mass is 359 g/mol. The van der Waals surface area contributed by atoms with Gasteiger partial charge in [-0.25, -0.2) is 4.79 Å². The van der Waals surface area contributed by atoms with Gasteiger partial charge in [-0.1, -0.05) is 0 Å². The Bertz CT molecular complexity index is 588. The zero-order chi connectivity index (χ0) is 18.7. The largest absolute Gasteiger partial charge is 0.484 e. The first kappa shape index (κ1) is 19.1. The maximum absolute atomic E-state index is 12.3. The van der Waals surface area contributed by atoms with E-state index in [2.05, 4.69) is 0 Å². The molecule has 1 saturated heterocycles. The molecule has 1 fully saturated rings. The number of nitrogens with zero attached hydrogens (tertiary/aromatic N) is 1. The first-order valence-corrected chi connectivity index (χ1v) is 7.81. The Labute approximate surface area is 144 Å². The predicted octanol–water partition coefficient (Wildman–Crippen LogP) is 0.418. The molecule has 0 aromatic heterocycles. The number of esters is 2. The molecule has 0 spiro atoms. The number of nitro groups is 1. The van der Waals surface area contributed by atoms with Gasteiger partial charge in [0.15, 0.2) is 12.4 Å². The minimum absolute atomic E-state index is 0.0255. The summed E-state index contributed by atoms with van der Waals surface area (Å²) in [6.07, 6.45) is -3.01. The average molecular weight is 359 g/mol. The van der Waals surface area contributed by atoms with Crippen molar-refractivity contribution in [2.24, 2.45) is 5.92 Å². The van der Waals surface area contributed by atoms with Crippen molar-refractivity contribution in [3.8, 4) is 0 Å². The lowest BCUT2D eigenvalue weighted by atomic mass is 9.80. The second-order valence-electron chi connectivity index (χ2n) is 5.66. The number of methoxy groups -OCH3 is 1. The average Bonchev–Trinajstić information content (AvgIpc) is 2.53. The fourth-order valence-electron chi connectivity index (χ4n) is 3.15. The van der Waals surface area contributed by atoms with Crippen LogP contribution in [0.2, 0.25) is 0 Å². The number of allylic oxidation sites excluding steroid dienone is 1. The van der Waals surface area contributed by atoms with E-state index in [4.69, 9.17) is 23.7 Å². The lowest BCUT2D eigenvalue weighted by molar-refractivity contribution is -0.562. The van der Waals surface area contributed by atoms with Gasteiger partial charge in [0.25, 0.3) is 6.04 Å². The number of hydrogen-bond acceptors (Lipinski definition) is 9. The van der Waals surface area contributed by atoms with Crippen LogP contribution < -0.4 is 0 Å². The van der Waals surface area contributed by atoms with Crippen LogP contribution >= 0.6 is 0 Å². The van der Waals surface area contributed by atoms with Crippen LogP contribution in [0.1, 0.15) is 20.8 Å². The Kier molecular flexibility index (Phi) is 5.96. The molecule has 2 rings (SSSR count). The van der Waals surface area contributed by atoms with E-state index in [-0.39, 0.29) is 24.5 Å². The topological polar surface area (TPSA) is 123 Å². The number of carbonyl (C=O) groups is 2. The van der Waals surface area contributed by atoms with Crippen LogP contribution in [0.5, 0.6) is 0 Å². The molecule has 0 unspecified atom stereocenters. The summed E-state index contributed by atoms with van der Waals surface area (Å²) < 4.78 is 26.4. The normalized spacial score (nSPS) is 31.1. The highest BCUT2D eigenvalue weighted by Gasteiger charge is 2.60. The van der Waals surface area contributed by atoms with Gasteiger partial charge in [0.05, 0.1) is 12.2 Å². The lowest BCUT2D eigenvalue weighted by Crippen LogP contribution is -2.63. The minimum Gasteiger partial charge on any atom is -0.484 e. The van der Waals surface area contributed by atoms with Crippen LogP contribution in [-0.4, -0.2) is 61.7 Å². The van der Waals surface area contributed by atoms with E-state index in [1.165, 1.54) is 21.0 Å². The molecule has 10 nitrogen and oxygen atoms in total. The summed E-state index contributed by atoms with van der Waals surface area (Å²) in [5, 5.41) is 11.7. The van der Waals surface area contributed by atoms with Crippen LogP contribution in [0.15, 0.2) is 11.3 Å². The molecule has 140 valence electrons. The molecule has 5 atom stereocenters. The van der Waals surface area contributed by atoms with E-state index in [0.717, 1.165) is 0 Å². The quantitative estimate of drug-likeness (QED) is 0.377. The zero-order valence-electron chi connectivity index (χ0n) is 14.4. The van der Waals surface area contributed by atoms with Gasteiger partial charge in [0.2, 0.25) is 0 Å². The van der Waals surface area contributed by atoms with E-state index in [1.54, 1.807) is 6.92 Å². The molecular formula is C15H21NO9. The van der Waals surface area contributed by atoms with Gasteiger partial charge in [0.1, 0.15) is 24.4 Å². The summed E-state index contributed by atoms with van der Waals surface area (Å²) in [6, 6.07) is -1.30. The van der Waals surface area contributed by atoms with Gasteiger partial charge in [-0.3, -0.25) is 14.9 Å². The van der Waals surface area contributed by atoms with Gasteiger partial charge in [-0.15, -0.1) is 0 Å². The standard InChI is InChI=1S/C15H21NO9/c1-5-22-14(18)10-7(2)24-13-9(6-23-8(3)17)25-15(21-4)11(10)12(13)16(19)20/h9,11-13,15H,5-6H2,1-4H3/t9-,11+,12-,13+,15+/m1/s1. The van der Waals surface area contributed by atoms with Crippen molar-refractivity contribution in [3.63, 3.8) is 0 Å². The van der Waals surface area contributed by atoms with E-state index < -0.39 is 47.3 Å². The van der Waals surface area contributed by atoms with Gasteiger partial charge < -0.3 is 23.7 Å². The van der Waals surface area contributed by atoms with Crippen molar-refractivity contribution < 1.29 is 38.2 Å². The van der Waals surface area contributed by atoms with Gasteiger partial charge in [-0.2, -0.15) is 0 Å². The van der Waals surface area contributed by atoms with Crippen molar-refractivity contribution in [2.45, 2.75) is 45.3 Å². The summed E-state index contributed by atoms with van der Waals surface area (Å²) in [4.78, 5) is 34.5. The third kappa shape index (κ3) is 3.74. The number of fused-ring (bicyclic) bond motifs is 2. The third-order valence-electron chi connectivity index (χ3n) is 4.12. The summed E-state index contributed by atoms with van der Waals surface area (Å²) in [7, 11) is 1.32. The van der Waals surface area contributed by atoms with Crippen molar-refractivity contribution in [3.05, 3.63) is 21.4 Å². The highest BCUT2D eigenvalue weighted by molar-refractivity contribution is 5.90. The Morgan fingerprint density at radius 1 is 1.32 bits per heavy atom. The molecule has 0 aromatic rings. The molecule has 2 heterocycles. The Balaban J connectivity index is 2.43. The highest BCUT2D eigenvalue weighted by Crippen LogP contribution is 2.41. The maximum atomic E-state index is 12.3.